The molecule has 108 valence electrons. The predicted octanol–water partition coefficient (Wildman–Crippen LogP) is 2.94. The van der Waals surface area contributed by atoms with Crippen LogP contribution in [0.4, 0.5) is 5.69 Å². The van der Waals surface area contributed by atoms with Gasteiger partial charge >= 0.3 is 0 Å². The molecular formula is C14H11ClN2O4. The molecule has 1 saturated carbocycles. The first-order chi connectivity index (χ1) is 9.80. The molecule has 1 atom stereocenters. The van der Waals surface area contributed by atoms with Gasteiger partial charge in [-0.1, -0.05) is 18.5 Å². The standard InChI is InChI=1S/C14H11ClN2O4/c1-14(4-5-14)13(19)10(7-16)12(18)9-3-2-8(15)6-11(9)17(20)21/h2-3,6,10H,4-5H2,1H3. The number of carbonyl (C=O) groups excluding carboxylic acids is 2. The number of benzene rings is 1. The third-order valence-corrected chi connectivity index (χ3v) is 3.91. The Balaban J connectivity index is 2.41. The molecule has 1 aliphatic rings. The number of nitrogens with zero attached hydrogens (tertiary/aromatic N) is 2. The molecule has 0 heterocycles. The SMILES string of the molecule is CC1(C(=O)C(C#N)C(=O)c2ccc(Cl)cc2[N+](=O)[O-])CC1. The molecule has 0 amide bonds. The lowest BCUT2D eigenvalue weighted by molar-refractivity contribution is -0.385. The molecule has 6 nitrogen and oxygen atoms in total. The van der Waals surface area contributed by atoms with Gasteiger partial charge in [-0.05, 0) is 25.0 Å². The van der Waals surface area contributed by atoms with E-state index in [9.17, 15) is 19.7 Å². The molecule has 1 unspecified atom stereocenters. The number of hydrogen-bond acceptors (Lipinski definition) is 5. The summed E-state index contributed by atoms with van der Waals surface area (Å²) in [6.45, 7) is 1.68. The third kappa shape index (κ3) is 2.78. The molecule has 2 rings (SSSR count). The van der Waals surface area contributed by atoms with Crippen LogP contribution in [0.3, 0.4) is 0 Å². The first kappa shape index (κ1) is 15.1. The van der Waals surface area contributed by atoms with Crippen molar-refractivity contribution in [2.45, 2.75) is 19.8 Å². The van der Waals surface area contributed by atoms with Crippen LogP contribution in [0.5, 0.6) is 0 Å². The van der Waals surface area contributed by atoms with Gasteiger partial charge in [0, 0.05) is 16.5 Å². The van der Waals surface area contributed by atoms with E-state index in [0.717, 1.165) is 6.07 Å². The van der Waals surface area contributed by atoms with Crippen LogP contribution in [0.1, 0.15) is 30.1 Å². The van der Waals surface area contributed by atoms with Crippen molar-refractivity contribution in [1.82, 2.24) is 0 Å². The van der Waals surface area contributed by atoms with Crippen LogP contribution in [0.25, 0.3) is 0 Å². The number of carbonyl (C=O) groups is 2. The van der Waals surface area contributed by atoms with Gasteiger partial charge in [0.2, 0.25) is 0 Å². The Hall–Kier alpha value is -2.26. The van der Waals surface area contributed by atoms with E-state index in [1.165, 1.54) is 12.1 Å². The average Bonchev–Trinajstić information content (AvgIpc) is 3.18. The lowest BCUT2D eigenvalue weighted by Gasteiger charge is -2.12. The average molecular weight is 307 g/mol. The highest BCUT2D eigenvalue weighted by Crippen LogP contribution is 2.47. The molecule has 1 aliphatic carbocycles. The minimum atomic E-state index is -1.52. The van der Waals surface area contributed by atoms with Crippen molar-refractivity contribution >= 4 is 28.9 Å². The van der Waals surface area contributed by atoms with E-state index in [2.05, 4.69) is 0 Å². The summed E-state index contributed by atoms with van der Waals surface area (Å²) < 4.78 is 0. The van der Waals surface area contributed by atoms with Gasteiger partial charge in [0.25, 0.3) is 5.69 Å². The van der Waals surface area contributed by atoms with Gasteiger partial charge < -0.3 is 0 Å². The van der Waals surface area contributed by atoms with Crippen LogP contribution in [0.15, 0.2) is 18.2 Å². The van der Waals surface area contributed by atoms with E-state index in [0.29, 0.717) is 12.8 Å². The van der Waals surface area contributed by atoms with Crippen LogP contribution in [-0.2, 0) is 4.79 Å². The lowest BCUT2D eigenvalue weighted by atomic mass is 9.86. The second kappa shape index (κ2) is 5.26. The summed E-state index contributed by atoms with van der Waals surface area (Å²) in [5, 5.41) is 20.2. The van der Waals surface area contributed by atoms with E-state index in [1.54, 1.807) is 13.0 Å². The fourth-order valence-corrected chi connectivity index (χ4v) is 2.20. The van der Waals surface area contributed by atoms with Crippen LogP contribution in [0.2, 0.25) is 5.02 Å². The highest BCUT2D eigenvalue weighted by molar-refractivity contribution is 6.31. The number of nitro groups is 1. The summed E-state index contributed by atoms with van der Waals surface area (Å²) in [5.41, 5.74) is -1.42. The molecule has 0 aromatic heterocycles. The molecule has 1 fully saturated rings. The van der Waals surface area contributed by atoms with Crippen molar-refractivity contribution in [3.8, 4) is 6.07 Å². The smallest absolute Gasteiger partial charge is 0.281 e. The number of ketones is 2. The minimum Gasteiger partial charge on any atom is -0.297 e. The quantitative estimate of drug-likeness (QED) is 0.360. The second-order valence-corrected chi connectivity index (χ2v) is 5.71. The molecule has 0 radical (unpaired) electrons. The van der Waals surface area contributed by atoms with Crippen LogP contribution in [0, 0.1) is 32.8 Å². The number of halogens is 1. The van der Waals surface area contributed by atoms with E-state index in [-0.39, 0.29) is 10.6 Å². The Morgan fingerprint density at radius 1 is 1.48 bits per heavy atom. The fraction of sp³-hybridized carbons (Fsp3) is 0.357. The normalized spacial score (nSPS) is 16.6. The predicted molar refractivity (Wildman–Crippen MR) is 73.9 cm³/mol. The van der Waals surface area contributed by atoms with Gasteiger partial charge in [-0.3, -0.25) is 19.7 Å². The maximum Gasteiger partial charge on any atom is 0.281 e. The Bertz CT molecular complexity index is 689. The van der Waals surface area contributed by atoms with Crippen LogP contribution >= 0.6 is 11.6 Å². The first-order valence-electron chi connectivity index (χ1n) is 6.22. The van der Waals surface area contributed by atoms with Gasteiger partial charge in [-0.25, -0.2) is 0 Å². The number of nitro benzene ring substituents is 1. The maximum atomic E-state index is 12.3. The topological polar surface area (TPSA) is 101 Å². The van der Waals surface area contributed by atoms with Crippen molar-refractivity contribution in [1.29, 1.82) is 5.26 Å². The summed E-state index contributed by atoms with van der Waals surface area (Å²) in [5.74, 6) is -2.84. The third-order valence-electron chi connectivity index (χ3n) is 3.67. The lowest BCUT2D eigenvalue weighted by Crippen LogP contribution is -2.29. The molecule has 1 aromatic rings. The van der Waals surface area contributed by atoms with Crippen molar-refractivity contribution in [3.63, 3.8) is 0 Å². The summed E-state index contributed by atoms with van der Waals surface area (Å²) >= 11 is 5.68. The van der Waals surface area contributed by atoms with Gasteiger partial charge in [-0.15, -0.1) is 0 Å². The zero-order chi connectivity index (χ0) is 15.8. The van der Waals surface area contributed by atoms with E-state index >= 15 is 0 Å². The largest absolute Gasteiger partial charge is 0.297 e. The Morgan fingerprint density at radius 2 is 2.10 bits per heavy atom. The Labute approximate surface area is 125 Å². The molecule has 0 bridgehead atoms. The molecular weight excluding hydrogens is 296 g/mol. The Kier molecular flexibility index (Phi) is 3.79. The molecule has 0 N–H and O–H groups in total. The molecule has 0 spiro atoms. The number of Topliss-reactive ketones (excluding diaryl/α,β-unsaturated/α-hetero) is 2. The number of rotatable bonds is 5. The monoisotopic (exact) mass is 306 g/mol. The van der Waals surface area contributed by atoms with Crippen molar-refractivity contribution in [3.05, 3.63) is 38.9 Å². The van der Waals surface area contributed by atoms with E-state index in [4.69, 9.17) is 16.9 Å². The zero-order valence-corrected chi connectivity index (χ0v) is 11.9. The first-order valence-corrected chi connectivity index (χ1v) is 6.60. The molecule has 21 heavy (non-hydrogen) atoms. The van der Waals surface area contributed by atoms with Crippen molar-refractivity contribution in [2.24, 2.45) is 11.3 Å². The van der Waals surface area contributed by atoms with Crippen molar-refractivity contribution < 1.29 is 14.5 Å². The summed E-state index contributed by atoms with van der Waals surface area (Å²) in [4.78, 5) is 34.8. The summed E-state index contributed by atoms with van der Waals surface area (Å²) in [7, 11) is 0. The van der Waals surface area contributed by atoms with Crippen molar-refractivity contribution in [2.75, 3.05) is 0 Å². The van der Waals surface area contributed by atoms with Gasteiger partial charge in [-0.2, -0.15) is 5.26 Å². The molecule has 7 heteroatoms. The van der Waals surface area contributed by atoms with Gasteiger partial charge in [0.15, 0.2) is 17.5 Å². The van der Waals surface area contributed by atoms with E-state index in [1.807, 2.05) is 0 Å². The second-order valence-electron chi connectivity index (χ2n) is 5.27. The number of hydrogen-bond donors (Lipinski definition) is 0. The molecule has 1 aromatic carbocycles. The Morgan fingerprint density at radius 3 is 2.57 bits per heavy atom. The number of nitriles is 1. The summed E-state index contributed by atoms with van der Waals surface area (Å²) in [6, 6.07) is 5.20. The minimum absolute atomic E-state index is 0.104. The molecule has 0 saturated heterocycles. The van der Waals surface area contributed by atoms with Crippen LogP contribution < -0.4 is 0 Å². The van der Waals surface area contributed by atoms with Gasteiger partial charge in [0.05, 0.1) is 16.6 Å². The molecule has 0 aliphatic heterocycles. The maximum absolute atomic E-state index is 12.3. The van der Waals surface area contributed by atoms with E-state index < -0.39 is 33.5 Å². The van der Waals surface area contributed by atoms with Gasteiger partial charge in [0.1, 0.15) is 0 Å². The van der Waals surface area contributed by atoms with Crippen LogP contribution in [-0.4, -0.2) is 16.5 Å². The summed E-state index contributed by atoms with van der Waals surface area (Å²) in [6.07, 6.45) is 1.25. The highest BCUT2D eigenvalue weighted by Gasteiger charge is 2.50. The zero-order valence-electron chi connectivity index (χ0n) is 11.1. The highest BCUT2D eigenvalue weighted by atomic mass is 35.5. The fourth-order valence-electron chi connectivity index (χ4n) is 2.04.